The van der Waals surface area contributed by atoms with E-state index >= 15 is 0 Å². The largest absolute Gasteiger partial charge is 0.319 e. The Balaban J connectivity index is 1.62. The van der Waals surface area contributed by atoms with Gasteiger partial charge >= 0.3 is 0 Å². The van der Waals surface area contributed by atoms with Gasteiger partial charge in [0.15, 0.2) is 0 Å². The minimum Gasteiger partial charge on any atom is -0.319 e. The summed E-state index contributed by atoms with van der Waals surface area (Å²) in [6, 6.07) is 16.1. The van der Waals surface area contributed by atoms with Crippen LogP contribution >= 0.6 is 11.3 Å². The van der Waals surface area contributed by atoms with E-state index in [1.54, 1.807) is 18.7 Å². The van der Waals surface area contributed by atoms with Gasteiger partial charge in [0, 0.05) is 18.0 Å². The number of rotatable bonds is 6. The molecule has 4 rings (SSSR count). The average Bonchev–Trinajstić information content (AvgIpc) is 3.41. The molecule has 0 fully saturated rings. The minimum atomic E-state index is -0.159. The van der Waals surface area contributed by atoms with Crippen LogP contribution in [-0.4, -0.2) is 20.4 Å². The molecule has 0 aliphatic carbocycles. The molecule has 0 atom stereocenters. The predicted octanol–water partition coefficient (Wildman–Crippen LogP) is 5.45. The SMILES string of the molecule is CC(C)Cc1ccc(-n2ccnc2)c(NC(=O)c2cnc(-c3ccccc3)s2)c1. The summed E-state index contributed by atoms with van der Waals surface area (Å²) in [5, 5.41) is 3.91. The fourth-order valence-corrected chi connectivity index (χ4v) is 4.00. The van der Waals surface area contributed by atoms with Crippen molar-refractivity contribution in [2.45, 2.75) is 20.3 Å². The third-order valence-corrected chi connectivity index (χ3v) is 5.53. The van der Waals surface area contributed by atoms with Gasteiger partial charge in [-0.05, 0) is 30.0 Å². The number of nitrogens with zero attached hydrogens (tertiary/aromatic N) is 3. The number of carbonyl (C=O) groups is 1. The summed E-state index contributed by atoms with van der Waals surface area (Å²) in [6.07, 6.45) is 7.91. The van der Waals surface area contributed by atoms with Crippen LogP contribution in [0.3, 0.4) is 0 Å². The van der Waals surface area contributed by atoms with Gasteiger partial charge in [-0.15, -0.1) is 11.3 Å². The highest BCUT2D eigenvalue weighted by molar-refractivity contribution is 7.17. The number of carbonyl (C=O) groups excluding carboxylic acids is 1. The monoisotopic (exact) mass is 402 g/mol. The van der Waals surface area contributed by atoms with Crippen LogP contribution < -0.4 is 5.32 Å². The highest BCUT2D eigenvalue weighted by atomic mass is 32.1. The molecule has 0 saturated heterocycles. The van der Waals surface area contributed by atoms with E-state index in [4.69, 9.17) is 0 Å². The molecule has 0 aliphatic heterocycles. The molecule has 0 spiro atoms. The Kier molecular flexibility index (Phi) is 5.53. The molecular formula is C23H22N4OS. The van der Waals surface area contributed by atoms with Gasteiger partial charge in [0.25, 0.3) is 5.91 Å². The lowest BCUT2D eigenvalue weighted by Gasteiger charge is -2.14. The van der Waals surface area contributed by atoms with Crippen LogP contribution in [0.4, 0.5) is 5.69 Å². The number of thiazole rings is 1. The Bertz CT molecular complexity index is 1100. The zero-order valence-corrected chi connectivity index (χ0v) is 17.2. The summed E-state index contributed by atoms with van der Waals surface area (Å²) >= 11 is 1.39. The molecule has 29 heavy (non-hydrogen) atoms. The van der Waals surface area contributed by atoms with Gasteiger partial charge < -0.3 is 9.88 Å². The van der Waals surface area contributed by atoms with Crippen LogP contribution in [0, 0.1) is 5.92 Å². The summed E-state index contributed by atoms with van der Waals surface area (Å²) in [5.74, 6) is 0.375. The number of amides is 1. The fraction of sp³-hybridized carbons (Fsp3) is 0.174. The second kappa shape index (κ2) is 8.41. The molecule has 0 aliphatic rings. The molecule has 6 heteroatoms. The highest BCUT2D eigenvalue weighted by Gasteiger charge is 2.15. The van der Waals surface area contributed by atoms with E-state index in [9.17, 15) is 4.79 Å². The predicted molar refractivity (Wildman–Crippen MR) is 118 cm³/mol. The van der Waals surface area contributed by atoms with Gasteiger partial charge in [-0.25, -0.2) is 9.97 Å². The first-order valence-corrected chi connectivity index (χ1v) is 10.4. The first kappa shape index (κ1) is 19.1. The van der Waals surface area contributed by atoms with Crippen LogP contribution in [0.15, 0.2) is 73.4 Å². The van der Waals surface area contributed by atoms with Crippen molar-refractivity contribution in [1.29, 1.82) is 0 Å². The molecule has 0 unspecified atom stereocenters. The quantitative estimate of drug-likeness (QED) is 0.467. The van der Waals surface area contributed by atoms with Crippen molar-refractivity contribution in [3.63, 3.8) is 0 Å². The van der Waals surface area contributed by atoms with Gasteiger partial charge in [-0.1, -0.05) is 50.2 Å². The molecule has 5 nitrogen and oxygen atoms in total. The van der Waals surface area contributed by atoms with Crippen molar-refractivity contribution in [3.05, 3.63) is 83.9 Å². The van der Waals surface area contributed by atoms with Gasteiger partial charge in [-0.3, -0.25) is 4.79 Å². The van der Waals surface area contributed by atoms with E-state index in [2.05, 4.69) is 35.2 Å². The Labute approximate surface area is 174 Å². The smallest absolute Gasteiger partial charge is 0.267 e. The first-order chi connectivity index (χ1) is 14.1. The molecule has 0 bridgehead atoms. The number of anilines is 1. The maximum atomic E-state index is 12.9. The van der Waals surface area contributed by atoms with Crippen LogP contribution in [0.25, 0.3) is 16.3 Å². The zero-order valence-electron chi connectivity index (χ0n) is 16.4. The third kappa shape index (κ3) is 4.43. The van der Waals surface area contributed by atoms with Crippen molar-refractivity contribution in [1.82, 2.24) is 14.5 Å². The number of benzene rings is 2. The normalized spacial score (nSPS) is 11.0. The summed E-state index contributed by atoms with van der Waals surface area (Å²) < 4.78 is 1.90. The van der Waals surface area contributed by atoms with Crippen LogP contribution in [0.1, 0.15) is 29.1 Å². The summed E-state index contributed by atoms with van der Waals surface area (Å²) in [6.45, 7) is 4.37. The molecule has 0 radical (unpaired) electrons. The van der Waals surface area contributed by atoms with Gasteiger partial charge in [0.2, 0.25) is 0 Å². The molecule has 2 aromatic carbocycles. The fourth-order valence-electron chi connectivity index (χ4n) is 3.19. The van der Waals surface area contributed by atoms with E-state index < -0.39 is 0 Å². The van der Waals surface area contributed by atoms with Gasteiger partial charge in [0.1, 0.15) is 9.88 Å². The zero-order chi connectivity index (χ0) is 20.2. The number of hydrogen-bond acceptors (Lipinski definition) is 4. The van der Waals surface area contributed by atoms with Crippen LogP contribution in [-0.2, 0) is 6.42 Å². The molecular weight excluding hydrogens is 380 g/mol. The molecule has 146 valence electrons. The van der Waals surface area contributed by atoms with Crippen molar-refractivity contribution in [2.75, 3.05) is 5.32 Å². The van der Waals surface area contributed by atoms with Crippen molar-refractivity contribution in [2.24, 2.45) is 5.92 Å². The van der Waals surface area contributed by atoms with Crippen molar-refractivity contribution >= 4 is 22.9 Å². The maximum absolute atomic E-state index is 12.9. The van der Waals surface area contributed by atoms with E-state index in [1.165, 1.54) is 16.9 Å². The van der Waals surface area contributed by atoms with Gasteiger partial charge in [0.05, 0.1) is 23.9 Å². The van der Waals surface area contributed by atoms with Crippen LogP contribution in [0.5, 0.6) is 0 Å². The highest BCUT2D eigenvalue weighted by Crippen LogP contribution is 2.28. The van der Waals surface area contributed by atoms with Crippen LogP contribution in [0.2, 0.25) is 0 Å². The molecule has 1 amide bonds. The number of hydrogen-bond donors (Lipinski definition) is 1. The van der Waals surface area contributed by atoms with E-state index in [-0.39, 0.29) is 5.91 Å². The molecule has 2 aromatic heterocycles. The molecule has 1 N–H and O–H groups in total. The topological polar surface area (TPSA) is 59.8 Å². The average molecular weight is 403 g/mol. The number of aromatic nitrogens is 3. The lowest BCUT2D eigenvalue weighted by molar-refractivity contribution is 0.103. The summed E-state index contributed by atoms with van der Waals surface area (Å²) in [7, 11) is 0. The van der Waals surface area contributed by atoms with E-state index in [1.807, 2.05) is 53.2 Å². The standard InChI is InChI=1S/C23H22N4OS/c1-16(2)12-17-8-9-20(27-11-10-24-15-27)19(13-17)26-22(28)21-14-25-23(29-21)18-6-4-3-5-7-18/h3-11,13-16H,12H2,1-2H3,(H,26,28). The molecule has 0 saturated carbocycles. The van der Waals surface area contributed by atoms with E-state index in [0.29, 0.717) is 10.8 Å². The number of imidazole rings is 1. The first-order valence-electron chi connectivity index (χ1n) is 9.54. The van der Waals surface area contributed by atoms with E-state index in [0.717, 1.165) is 28.4 Å². The summed E-state index contributed by atoms with van der Waals surface area (Å²) in [4.78, 5) is 22.1. The minimum absolute atomic E-state index is 0.159. The maximum Gasteiger partial charge on any atom is 0.267 e. The lowest BCUT2D eigenvalue weighted by atomic mass is 10.0. The Hall–Kier alpha value is -3.25. The summed E-state index contributed by atoms with van der Waals surface area (Å²) in [5.41, 5.74) is 3.85. The Morgan fingerprint density at radius 1 is 1.17 bits per heavy atom. The molecule has 4 aromatic rings. The third-order valence-electron chi connectivity index (χ3n) is 4.49. The second-order valence-electron chi connectivity index (χ2n) is 7.27. The number of nitrogens with one attached hydrogen (secondary N) is 1. The Morgan fingerprint density at radius 2 is 2.00 bits per heavy atom. The van der Waals surface area contributed by atoms with Gasteiger partial charge in [-0.2, -0.15) is 0 Å². The van der Waals surface area contributed by atoms with Crippen molar-refractivity contribution < 1.29 is 4.79 Å². The second-order valence-corrected chi connectivity index (χ2v) is 8.30. The van der Waals surface area contributed by atoms with Crippen molar-refractivity contribution in [3.8, 4) is 16.3 Å². The Morgan fingerprint density at radius 3 is 2.72 bits per heavy atom. The lowest BCUT2D eigenvalue weighted by Crippen LogP contribution is -2.13. The molecule has 2 heterocycles.